The smallest absolute Gasteiger partial charge is 0.353 e. The van der Waals surface area contributed by atoms with Crippen LogP contribution in [0.2, 0.25) is 0 Å². The van der Waals surface area contributed by atoms with Crippen LogP contribution in [0.3, 0.4) is 0 Å². The van der Waals surface area contributed by atoms with E-state index in [0.717, 1.165) is 15.7 Å². The molecule has 2 N–H and O–H groups in total. The molecule has 4 heterocycles. The molecule has 1 aromatic heterocycles. The Morgan fingerprint density at radius 2 is 2.28 bits per heavy atom. The lowest BCUT2D eigenvalue weighted by molar-refractivity contribution is -0.163. The van der Waals surface area contributed by atoms with Crippen LogP contribution in [0.15, 0.2) is 21.8 Å². The van der Waals surface area contributed by atoms with Crippen LogP contribution >= 0.6 is 23.5 Å². The molecule has 1 aromatic rings. The van der Waals surface area contributed by atoms with Crippen molar-refractivity contribution in [1.82, 2.24) is 19.9 Å². The van der Waals surface area contributed by atoms with E-state index in [1.807, 2.05) is 11.6 Å². The first-order valence-corrected chi connectivity index (χ1v) is 9.93. The van der Waals surface area contributed by atoms with Gasteiger partial charge in [0.1, 0.15) is 10.7 Å². The number of β-lactam (4-membered cyclic amide) rings is 1. The van der Waals surface area contributed by atoms with Gasteiger partial charge in [0.15, 0.2) is 0 Å². The predicted octanol–water partition coefficient (Wildman–Crippen LogP) is 0.639. The predicted molar refractivity (Wildman–Crippen MR) is 91.8 cm³/mol. The molecule has 10 heteroatoms. The number of amides is 1. The van der Waals surface area contributed by atoms with Crippen molar-refractivity contribution >= 4 is 35.4 Å². The quantitative estimate of drug-likeness (QED) is 0.731. The molecule has 4 rings (SSSR count). The molecule has 0 aromatic carbocycles. The van der Waals surface area contributed by atoms with Crippen molar-refractivity contribution in [1.29, 1.82) is 0 Å². The molecule has 1 saturated heterocycles. The van der Waals surface area contributed by atoms with Crippen LogP contribution < -0.4 is 0 Å². The van der Waals surface area contributed by atoms with Gasteiger partial charge in [0, 0.05) is 21.8 Å². The Balaban J connectivity index is 1.60. The highest BCUT2D eigenvalue weighted by Crippen LogP contribution is 2.52. The summed E-state index contributed by atoms with van der Waals surface area (Å²) < 4.78 is 1.82. The van der Waals surface area contributed by atoms with E-state index in [9.17, 15) is 19.8 Å². The van der Waals surface area contributed by atoms with Gasteiger partial charge >= 0.3 is 5.97 Å². The Kier molecular flexibility index (Phi) is 4.08. The van der Waals surface area contributed by atoms with Crippen molar-refractivity contribution < 1.29 is 19.8 Å². The fourth-order valence-electron chi connectivity index (χ4n) is 3.84. The van der Waals surface area contributed by atoms with Gasteiger partial charge in [-0.25, -0.2) is 9.48 Å². The van der Waals surface area contributed by atoms with E-state index in [4.69, 9.17) is 0 Å². The van der Waals surface area contributed by atoms with Gasteiger partial charge < -0.3 is 15.1 Å². The number of aromatic nitrogens is 3. The molecule has 3 aliphatic heterocycles. The summed E-state index contributed by atoms with van der Waals surface area (Å²) in [4.78, 5) is 26.2. The van der Waals surface area contributed by atoms with Crippen LogP contribution in [0.4, 0.5) is 0 Å². The largest absolute Gasteiger partial charge is 0.477 e. The van der Waals surface area contributed by atoms with E-state index < -0.39 is 18.0 Å². The van der Waals surface area contributed by atoms with E-state index in [0.29, 0.717) is 6.54 Å². The number of hydrogen-bond acceptors (Lipinski definition) is 7. The van der Waals surface area contributed by atoms with E-state index in [1.54, 1.807) is 24.9 Å². The maximum Gasteiger partial charge on any atom is 0.353 e. The highest BCUT2D eigenvalue weighted by molar-refractivity contribution is 8.05. The molecule has 1 fully saturated rings. The molecular formula is C15H18N4O4S2. The van der Waals surface area contributed by atoms with Gasteiger partial charge in [0.2, 0.25) is 5.91 Å². The number of nitrogens with zero attached hydrogens (tertiary/aromatic N) is 4. The first-order chi connectivity index (χ1) is 11.9. The first kappa shape index (κ1) is 16.9. The van der Waals surface area contributed by atoms with Crippen LogP contribution in [-0.4, -0.2) is 65.1 Å². The molecule has 0 spiro atoms. The topological polar surface area (TPSA) is 109 Å². The Labute approximate surface area is 152 Å². The number of carbonyl (C=O) groups is 2. The average molecular weight is 382 g/mol. The molecular weight excluding hydrogens is 364 g/mol. The number of hydrogen-bond donors (Lipinski definition) is 2. The number of aliphatic hydroxyl groups is 1. The maximum absolute atomic E-state index is 12.3. The third-order valence-electron chi connectivity index (χ3n) is 4.98. The molecule has 0 radical (unpaired) electrons. The highest BCUT2D eigenvalue weighted by atomic mass is 32.2. The Bertz CT molecular complexity index is 777. The number of carboxylic acid groups (broad SMARTS) is 1. The number of aliphatic carboxylic acids is 1. The zero-order chi connectivity index (χ0) is 17.9. The maximum atomic E-state index is 12.3. The highest BCUT2D eigenvalue weighted by Gasteiger charge is 2.60. The molecule has 134 valence electrons. The molecule has 25 heavy (non-hydrogen) atoms. The first-order valence-electron chi connectivity index (χ1n) is 8.06. The second-order valence-electron chi connectivity index (χ2n) is 6.58. The second kappa shape index (κ2) is 6.03. The van der Waals surface area contributed by atoms with Crippen LogP contribution in [0.25, 0.3) is 0 Å². The molecule has 5 atom stereocenters. The minimum atomic E-state index is -1.08. The Morgan fingerprint density at radius 3 is 2.96 bits per heavy atom. The van der Waals surface area contributed by atoms with Gasteiger partial charge in [-0.3, -0.25) is 4.79 Å². The summed E-state index contributed by atoms with van der Waals surface area (Å²) in [6.07, 6.45) is 0.947. The average Bonchev–Trinajstić information content (AvgIpc) is 3.09. The second-order valence-corrected chi connectivity index (χ2v) is 8.96. The summed E-state index contributed by atoms with van der Waals surface area (Å²) >= 11 is 3.16. The van der Waals surface area contributed by atoms with Gasteiger partial charge in [-0.05, 0) is 6.92 Å². The SMILES string of the molecule is C[C@@H](O)[C@H]1C(=O)N2C(C(=O)O)=C(SC3CSc4cnnn4C3)[C@H](C)[C@H]12. The lowest BCUT2D eigenvalue weighted by Crippen LogP contribution is -2.63. The van der Waals surface area contributed by atoms with E-state index in [-0.39, 0.29) is 28.8 Å². The van der Waals surface area contributed by atoms with Crippen molar-refractivity contribution in [2.45, 2.75) is 42.8 Å². The number of fused-ring (bicyclic) bond motifs is 2. The number of rotatable bonds is 4. The standard InChI is InChI=1S/C15H18N4O4S2/c1-6-11-10(7(2)20)14(21)19(11)12(15(22)23)13(6)25-8-4-18-9(24-5-8)3-16-17-18/h3,6-8,10-11,20H,4-5H2,1-2H3,(H,22,23)/t6-,7-,8?,10-,11-/m1/s1. The monoisotopic (exact) mass is 382 g/mol. The minimum Gasteiger partial charge on any atom is -0.477 e. The van der Waals surface area contributed by atoms with Crippen LogP contribution in [0, 0.1) is 11.8 Å². The fraction of sp³-hybridized carbons (Fsp3) is 0.600. The lowest BCUT2D eigenvalue weighted by atomic mass is 9.79. The van der Waals surface area contributed by atoms with Crippen molar-refractivity contribution in [3.05, 3.63) is 16.8 Å². The third-order valence-corrected chi connectivity index (χ3v) is 7.84. The summed E-state index contributed by atoms with van der Waals surface area (Å²) in [5.41, 5.74) is 0.0822. The number of thioether (sulfide) groups is 2. The number of carbonyl (C=O) groups excluding carboxylic acids is 1. The van der Waals surface area contributed by atoms with Crippen molar-refractivity contribution in [2.75, 3.05) is 5.75 Å². The van der Waals surface area contributed by atoms with Gasteiger partial charge in [-0.2, -0.15) is 0 Å². The minimum absolute atomic E-state index is 0.0822. The number of aliphatic hydroxyl groups excluding tert-OH is 1. The summed E-state index contributed by atoms with van der Waals surface area (Å²) in [7, 11) is 0. The molecule has 3 aliphatic rings. The van der Waals surface area contributed by atoms with Crippen LogP contribution in [0.5, 0.6) is 0 Å². The molecule has 1 unspecified atom stereocenters. The van der Waals surface area contributed by atoms with Crippen molar-refractivity contribution in [3.8, 4) is 0 Å². The van der Waals surface area contributed by atoms with Gasteiger partial charge in [0.25, 0.3) is 0 Å². The van der Waals surface area contributed by atoms with Crippen LogP contribution in [-0.2, 0) is 16.1 Å². The molecule has 8 nitrogen and oxygen atoms in total. The zero-order valence-corrected chi connectivity index (χ0v) is 15.3. The summed E-state index contributed by atoms with van der Waals surface area (Å²) in [5.74, 6) is -1.17. The molecule has 0 aliphatic carbocycles. The number of carboxylic acids is 1. The Morgan fingerprint density at radius 1 is 1.52 bits per heavy atom. The fourth-order valence-corrected chi connectivity index (χ4v) is 6.39. The van der Waals surface area contributed by atoms with E-state index >= 15 is 0 Å². The molecule has 0 bridgehead atoms. The van der Waals surface area contributed by atoms with Gasteiger partial charge in [0.05, 0.1) is 30.8 Å². The van der Waals surface area contributed by atoms with E-state index in [2.05, 4.69) is 10.3 Å². The summed E-state index contributed by atoms with van der Waals surface area (Å²) in [6, 6.07) is -0.265. The normalized spacial score (nSPS) is 32.3. The van der Waals surface area contributed by atoms with Crippen molar-refractivity contribution in [2.24, 2.45) is 11.8 Å². The van der Waals surface area contributed by atoms with Gasteiger partial charge in [-0.15, -0.1) is 28.6 Å². The summed E-state index contributed by atoms with van der Waals surface area (Å²) in [5, 5.41) is 28.7. The van der Waals surface area contributed by atoms with Crippen molar-refractivity contribution in [3.63, 3.8) is 0 Å². The molecule has 0 saturated carbocycles. The summed E-state index contributed by atoms with van der Waals surface area (Å²) in [6.45, 7) is 4.19. The van der Waals surface area contributed by atoms with Gasteiger partial charge in [-0.1, -0.05) is 12.1 Å². The zero-order valence-electron chi connectivity index (χ0n) is 13.7. The third kappa shape index (κ3) is 2.49. The Hall–Kier alpha value is -1.52. The lowest BCUT2D eigenvalue weighted by Gasteiger charge is -2.46. The van der Waals surface area contributed by atoms with E-state index in [1.165, 1.54) is 16.7 Å². The molecule has 1 amide bonds. The van der Waals surface area contributed by atoms with Crippen LogP contribution in [0.1, 0.15) is 13.8 Å².